The molecule has 0 N–H and O–H groups in total. The minimum Gasteiger partial charge on any atom is -0.369 e. The van der Waals surface area contributed by atoms with E-state index in [0.717, 1.165) is 6.61 Å². The average Bonchev–Trinajstić information content (AvgIpc) is 2.38. The molecule has 0 fully saturated rings. The average molecular weight is 216 g/mol. The van der Waals surface area contributed by atoms with Crippen LogP contribution in [0.2, 0.25) is 0 Å². The largest absolute Gasteiger partial charge is 0.369 e. The standard InChI is InChI=1S/C15H20O/c1-2-3-8-13-11-7-12-16-15(13)14-9-5-4-6-10-14/h4-7,9-11,13,15H,2-3,8,12H2,1H3/t13-,15-/m1/s1. The maximum absolute atomic E-state index is 5.89. The second-order valence-electron chi connectivity index (χ2n) is 4.40. The van der Waals surface area contributed by atoms with Gasteiger partial charge in [0.15, 0.2) is 0 Å². The monoisotopic (exact) mass is 216 g/mol. The topological polar surface area (TPSA) is 9.23 Å². The molecule has 16 heavy (non-hydrogen) atoms. The highest BCUT2D eigenvalue weighted by Crippen LogP contribution is 2.33. The van der Waals surface area contributed by atoms with Gasteiger partial charge in [-0.2, -0.15) is 0 Å². The molecule has 0 amide bonds. The van der Waals surface area contributed by atoms with E-state index in [1.807, 2.05) is 0 Å². The highest BCUT2D eigenvalue weighted by molar-refractivity contribution is 5.20. The van der Waals surface area contributed by atoms with Gasteiger partial charge < -0.3 is 4.74 Å². The van der Waals surface area contributed by atoms with Gasteiger partial charge in [-0.25, -0.2) is 0 Å². The van der Waals surface area contributed by atoms with E-state index in [-0.39, 0.29) is 6.10 Å². The van der Waals surface area contributed by atoms with Gasteiger partial charge in [-0.1, -0.05) is 62.2 Å². The molecule has 0 spiro atoms. The lowest BCUT2D eigenvalue weighted by molar-refractivity contribution is 0.0287. The minimum atomic E-state index is 0.262. The van der Waals surface area contributed by atoms with Gasteiger partial charge in [0.2, 0.25) is 0 Å². The van der Waals surface area contributed by atoms with E-state index in [2.05, 4.69) is 49.4 Å². The first-order valence-electron chi connectivity index (χ1n) is 6.25. The molecule has 1 aliphatic heterocycles. The summed E-state index contributed by atoms with van der Waals surface area (Å²) in [6.45, 7) is 2.99. The Labute approximate surface area is 98.1 Å². The highest BCUT2D eigenvalue weighted by atomic mass is 16.5. The van der Waals surface area contributed by atoms with Gasteiger partial charge in [0.1, 0.15) is 0 Å². The van der Waals surface area contributed by atoms with Gasteiger partial charge in [-0.3, -0.25) is 0 Å². The summed E-state index contributed by atoms with van der Waals surface area (Å²) in [4.78, 5) is 0. The fraction of sp³-hybridized carbons (Fsp3) is 0.467. The van der Waals surface area contributed by atoms with Gasteiger partial charge in [0.25, 0.3) is 0 Å². The zero-order valence-electron chi connectivity index (χ0n) is 9.93. The smallest absolute Gasteiger partial charge is 0.0891 e. The second-order valence-corrected chi connectivity index (χ2v) is 4.40. The zero-order valence-corrected chi connectivity index (χ0v) is 9.93. The number of ether oxygens (including phenoxy) is 1. The van der Waals surface area contributed by atoms with Gasteiger partial charge in [0.05, 0.1) is 12.7 Å². The third kappa shape index (κ3) is 2.73. The lowest BCUT2D eigenvalue weighted by atomic mass is 9.89. The van der Waals surface area contributed by atoms with Crippen molar-refractivity contribution in [2.75, 3.05) is 6.61 Å². The van der Waals surface area contributed by atoms with Crippen molar-refractivity contribution in [3.63, 3.8) is 0 Å². The lowest BCUT2D eigenvalue weighted by Gasteiger charge is -2.28. The first kappa shape index (κ1) is 11.4. The summed E-state index contributed by atoms with van der Waals surface area (Å²) >= 11 is 0. The fourth-order valence-corrected chi connectivity index (χ4v) is 2.29. The molecule has 1 heterocycles. The Morgan fingerprint density at radius 2 is 2.06 bits per heavy atom. The maximum atomic E-state index is 5.89. The van der Waals surface area contributed by atoms with E-state index in [9.17, 15) is 0 Å². The third-order valence-electron chi connectivity index (χ3n) is 3.16. The fourth-order valence-electron chi connectivity index (χ4n) is 2.29. The summed E-state index contributed by atoms with van der Waals surface area (Å²) in [6, 6.07) is 10.6. The van der Waals surface area contributed by atoms with Crippen molar-refractivity contribution in [1.29, 1.82) is 0 Å². The Kier molecular flexibility index (Phi) is 4.17. The van der Waals surface area contributed by atoms with Crippen LogP contribution >= 0.6 is 0 Å². The molecule has 1 aromatic carbocycles. The van der Waals surface area contributed by atoms with Crippen LogP contribution in [-0.4, -0.2) is 6.61 Å². The van der Waals surface area contributed by atoms with Gasteiger partial charge in [-0.05, 0) is 12.0 Å². The Bertz CT molecular complexity index is 329. The summed E-state index contributed by atoms with van der Waals surface area (Å²) in [5.41, 5.74) is 1.31. The zero-order chi connectivity index (χ0) is 11.2. The molecule has 1 nitrogen and oxygen atoms in total. The molecule has 1 aromatic rings. The van der Waals surface area contributed by atoms with Crippen molar-refractivity contribution >= 4 is 0 Å². The molecule has 0 aromatic heterocycles. The van der Waals surface area contributed by atoms with E-state index < -0.39 is 0 Å². The number of rotatable bonds is 4. The van der Waals surface area contributed by atoms with E-state index >= 15 is 0 Å². The number of hydrogen-bond acceptors (Lipinski definition) is 1. The molecule has 0 bridgehead atoms. The molecule has 0 radical (unpaired) electrons. The van der Waals surface area contributed by atoms with Crippen LogP contribution in [0.3, 0.4) is 0 Å². The van der Waals surface area contributed by atoms with Crippen molar-refractivity contribution in [1.82, 2.24) is 0 Å². The first-order chi connectivity index (χ1) is 7.92. The SMILES string of the molecule is CCCC[C@@H]1C=CCO[C@H]1c1ccccc1. The molecule has 2 atom stereocenters. The molecule has 1 heteroatoms. The van der Waals surface area contributed by atoms with E-state index in [1.165, 1.54) is 24.8 Å². The highest BCUT2D eigenvalue weighted by Gasteiger charge is 2.23. The van der Waals surface area contributed by atoms with Crippen LogP contribution in [0.4, 0.5) is 0 Å². The van der Waals surface area contributed by atoms with Gasteiger partial charge in [-0.15, -0.1) is 0 Å². The van der Waals surface area contributed by atoms with E-state index in [0.29, 0.717) is 5.92 Å². The normalized spacial score (nSPS) is 24.6. The van der Waals surface area contributed by atoms with Crippen LogP contribution in [0.25, 0.3) is 0 Å². The molecule has 0 unspecified atom stereocenters. The van der Waals surface area contributed by atoms with Gasteiger partial charge in [0, 0.05) is 5.92 Å². The third-order valence-corrected chi connectivity index (χ3v) is 3.16. The Hall–Kier alpha value is -1.08. The predicted molar refractivity (Wildman–Crippen MR) is 67.3 cm³/mol. The molecular weight excluding hydrogens is 196 g/mol. The second kappa shape index (κ2) is 5.86. The van der Waals surface area contributed by atoms with Crippen LogP contribution in [0.5, 0.6) is 0 Å². The number of hydrogen-bond donors (Lipinski definition) is 0. The summed E-state index contributed by atoms with van der Waals surface area (Å²) in [5.74, 6) is 0.552. The first-order valence-corrected chi connectivity index (χ1v) is 6.25. The summed E-state index contributed by atoms with van der Waals surface area (Å²) in [5, 5.41) is 0. The van der Waals surface area contributed by atoms with Gasteiger partial charge >= 0.3 is 0 Å². The Morgan fingerprint density at radius 3 is 2.81 bits per heavy atom. The quantitative estimate of drug-likeness (QED) is 0.688. The Morgan fingerprint density at radius 1 is 1.25 bits per heavy atom. The maximum Gasteiger partial charge on any atom is 0.0891 e. The van der Waals surface area contributed by atoms with Crippen molar-refractivity contribution in [3.05, 3.63) is 48.0 Å². The summed E-state index contributed by atoms with van der Waals surface area (Å²) < 4.78 is 5.89. The lowest BCUT2D eigenvalue weighted by Crippen LogP contribution is -2.18. The molecule has 2 rings (SSSR count). The molecule has 1 aliphatic rings. The molecule has 0 saturated carbocycles. The van der Waals surface area contributed by atoms with Crippen LogP contribution in [0.1, 0.15) is 37.9 Å². The predicted octanol–water partition coefficient (Wildman–Crippen LogP) is 4.12. The Balaban J connectivity index is 2.09. The van der Waals surface area contributed by atoms with Crippen LogP contribution in [0, 0.1) is 5.92 Å². The van der Waals surface area contributed by atoms with Crippen molar-refractivity contribution < 1.29 is 4.74 Å². The van der Waals surface area contributed by atoms with Crippen molar-refractivity contribution in [2.24, 2.45) is 5.92 Å². The molecule has 0 aliphatic carbocycles. The molecule has 0 saturated heterocycles. The summed E-state index contributed by atoms with van der Waals surface area (Å²) in [7, 11) is 0. The van der Waals surface area contributed by atoms with Crippen molar-refractivity contribution in [3.8, 4) is 0 Å². The van der Waals surface area contributed by atoms with Crippen LogP contribution in [0.15, 0.2) is 42.5 Å². The minimum absolute atomic E-state index is 0.262. The number of benzene rings is 1. The van der Waals surface area contributed by atoms with E-state index in [1.54, 1.807) is 0 Å². The summed E-state index contributed by atoms with van der Waals surface area (Å²) in [6.07, 6.45) is 8.51. The van der Waals surface area contributed by atoms with E-state index in [4.69, 9.17) is 4.74 Å². The molecule has 86 valence electrons. The van der Waals surface area contributed by atoms with Crippen LogP contribution < -0.4 is 0 Å². The molecular formula is C15H20O. The van der Waals surface area contributed by atoms with Crippen molar-refractivity contribution in [2.45, 2.75) is 32.3 Å². The number of unbranched alkanes of at least 4 members (excludes halogenated alkanes) is 1. The van der Waals surface area contributed by atoms with Crippen LogP contribution in [-0.2, 0) is 4.74 Å².